The van der Waals surface area contributed by atoms with Gasteiger partial charge in [-0.25, -0.2) is 4.79 Å². The number of carboxylic acid groups (broad SMARTS) is 1. The number of anilines is 1. The summed E-state index contributed by atoms with van der Waals surface area (Å²) in [5.74, 6) is -1.30. The molecule has 2 aromatic carbocycles. The van der Waals surface area contributed by atoms with Crippen LogP contribution in [0.15, 0.2) is 48.5 Å². The molecule has 1 N–H and O–H groups in total. The van der Waals surface area contributed by atoms with Gasteiger partial charge in [-0.3, -0.25) is 4.79 Å². The maximum atomic E-state index is 12.7. The van der Waals surface area contributed by atoms with Crippen molar-refractivity contribution in [2.24, 2.45) is 0 Å². The van der Waals surface area contributed by atoms with Gasteiger partial charge >= 0.3 is 12.1 Å². The van der Waals surface area contributed by atoms with Crippen molar-refractivity contribution in [2.75, 3.05) is 37.7 Å². The zero-order chi connectivity index (χ0) is 21.0. The highest BCUT2D eigenvalue weighted by atomic mass is 19.4. The van der Waals surface area contributed by atoms with E-state index in [4.69, 9.17) is 9.84 Å². The Balaban J connectivity index is 1.51. The number of alkyl halides is 3. The molecule has 0 saturated carbocycles. The molecule has 0 bridgehead atoms. The van der Waals surface area contributed by atoms with Gasteiger partial charge in [-0.05, 0) is 42.5 Å². The van der Waals surface area contributed by atoms with Crippen LogP contribution in [0, 0.1) is 0 Å². The summed E-state index contributed by atoms with van der Waals surface area (Å²) in [6, 6.07) is 10.9. The Morgan fingerprint density at radius 1 is 1.00 bits per heavy atom. The number of ether oxygens (including phenoxy) is 1. The average Bonchev–Trinajstić information content (AvgIpc) is 2.72. The Hall–Kier alpha value is -3.23. The highest BCUT2D eigenvalue weighted by Gasteiger charge is 2.30. The van der Waals surface area contributed by atoms with Gasteiger partial charge in [0.25, 0.3) is 5.91 Å². The summed E-state index contributed by atoms with van der Waals surface area (Å²) < 4.78 is 43.4. The highest BCUT2D eigenvalue weighted by Crippen LogP contribution is 2.31. The minimum atomic E-state index is -4.47. The quantitative estimate of drug-likeness (QED) is 0.823. The molecular weight excluding hydrogens is 389 g/mol. The summed E-state index contributed by atoms with van der Waals surface area (Å²) in [7, 11) is 0. The van der Waals surface area contributed by atoms with Gasteiger partial charge in [-0.15, -0.1) is 0 Å². The molecule has 0 atom stereocenters. The second-order valence-electron chi connectivity index (χ2n) is 6.53. The van der Waals surface area contributed by atoms with Gasteiger partial charge < -0.3 is 19.6 Å². The van der Waals surface area contributed by atoms with Crippen LogP contribution in [0.2, 0.25) is 0 Å². The van der Waals surface area contributed by atoms with Crippen LogP contribution in [0.1, 0.15) is 15.9 Å². The van der Waals surface area contributed by atoms with E-state index in [1.54, 1.807) is 17.0 Å². The number of benzene rings is 2. The number of hydrogen-bond donors (Lipinski definition) is 1. The fourth-order valence-corrected chi connectivity index (χ4v) is 3.03. The molecule has 0 spiro atoms. The molecule has 1 saturated heterocycles. The van der Waals surface area contributed by atoms with E-state index in [1.807, 2.05) is 4.90 Å². The van der Waals surface area contributed by atoms with Crippen LogP contribution < -0.4 is 9.64 Å². The summed E-state index contributed by atoms with van der Waals surface area (Å²) in [6.07, 6.45) is -4.47. The van der Waals surface area contributed by atoms with E-state index in [-0.39, 0.29) is 23.8 Å². The van der Waals surface area contributed by atoms with Crippen LogP contribution in [0.25, 0.3) is 0 Å². The van der Waals surface area contributed by atoms with Gasteiger partial charge in [-0.2, -0.15) is 13.2 Å². The SMILES string of the molecule is O=C(O)c1ccc(N2CCN(C(=O)COc3cccc(C(F)(F)F)c3)CC2)cc1. The van der Waals surface area contributed by atoms with E-state index in [0.717, 1.165) is 17.8 Å². The van der Waals surface area contributed by atoms with E-state index in [9.17, 15) is 22.8 Å². The van der Waals surface area contributed by atoms with Crippen molar-refractivity contribution in [3.63, 3.8) is 0 Å². The van der Waals surface area contributed by atoms with Gasteiger partial charge in [0.05, 0.1) is 11.1 Å². The molecule has 1 heterocycles. The van der Waals surface area contributed by atoms with Gasteiger partial charge in [0, 0.05) is 31.9 Å². The minimum absolute atomic E-state index is 0.00895. The van der Waals surface area contributed by atoms with Gasteiger partial charge in [0.2, 0.25) is 0 Å². The topological polar surface area (TPSA) is 70.1 Å². The molecule has 3 rings (SSSR count). The monoisotopic (exact) mass is 408 g/mol. The Bertz CT molecular complexity index is 876. The summed E-state index contributed by atoms with van der Waals surface area (Å²) in [6.45, 7) is 1.65. The third-order valence-electron chi connectivity index (χ3n) is 4.64. The lowest BCUT2D eigenvalue weighted by molar-refractivity contribution is -0.137. The molecule has 1 aliphatic rings. The number of piperazine rings is 1. The number of carbonyl (C=O) groups is 2. The highest BCUT2D eigenvalue weighted by molar-refractivity contribution is 5.88. The zero-order valence-electron chi connectivity index (χ0n) is 15.4. The molecular formula is C20H19F3N2O4. The first-order valence-corrected chi connectivity index (χ1v) is 8.90. The molecule has 6 nitrogen and oxygen atoms in total. The van der Waals surface area contributed by atoms with Crippen molar-refractivity contribution in [3.05, 3.63) is 59.7 Å². The number of carboxylic acids is 1. The van der Waals surface area contributed by atoms with Crippen molar-refractivity contribution in [1.29, 1.82) is 0 Å². The van der Waals surface area contributed by atoms with Crippen LogP contribution in [0.3, 0.4) is 0 Å². The van der Waals surface area contributed by atoms with Crippen molar-refractivity contribution in [2.45, 2.75) is 6.18 Å². The lowest BCUT2D eigenvalue weighted by Gasteiger charge is -2.36. The summed E-state index contributed by atoms with van der Waals surface area (Å²) in [5, 5.41) is 8.94. The van der Waals surface area contributed by atoms with E-state index >= 15 is 0 Å². The number of carbonyl (C=O) groups excluding carboxylic acids is 1. The molecule has 0 radical (unpaired) electrons. The predicted octanol–water partition coefficient (Wildman–Crippen LogP) is 3.13. The van der Waals surface area contributed by atoms with Crippen molar-refractivity contribution >= 4 is 17.6 Å². The molecule has 154 valence electrons. The lowest BCUT2D eigenvalue weighted by Crippen LogP contribution is -2.50. The Morgan fingerprint density at radius 3 is 2.24 bits per heavy atom. The Labute approximate surface area is 165 Å². The second-order valence-corrected chi connectivity index (χ2v) is 6.53. The molecule has 1 amide bonds. The minimum Gasteiger partial charge on any atom is -0.484 e. The van der Waals surface area contributed by atoms with Gasteiger partial charge in [-0.1, -0.05) is 6.07 Å². The van der Waals surface area contributed by atoms with Crippen molar-refractivity contribution in [3.8, 4) is 5.75 Å². The van der Waals surface area contributed by atoms with Gasteiger partial charge in [0.15, 0.2) is 6.61 Å². The number of nitrogens with zero attached hydrogens (tertiary/aromatic N) is 2. The molecule has 0 aliphatic carbocycles. The maximum Gasteiger partial charge on any atom is 0.416 e. The second kappa shape index (κ2) is 8.42. The Kier molecular flexibility index (Phi) is 5.95. The number of aromatic carboxylic acids is 1. The van der Waals surface area contributed by atoms with E-state index in [0.29, 0.717) is 26.2 Å². The van der Waals surface area contributed by atoms with Crippen molar-refractivity contribution < 1.29 is 32.6 Å². The molecule has 1 aliphatic heterocycles. The van der Waals surface area contributed by atoms with Crippen LogP contribution in [-0.4, -0.2) is 54.7 Å². The molecule has 0 aromatic heterocycles. The Morgan fingerprint density at radius 2 is 1.66 bits per heavy atom. The van der Waals surface area contributed by atoms with Crippen LogP contribution in [-0.2, 0) is 11.0 Å². The first-order chi connectivity index (χ1) is 13.7. The summed E-state index contributed by atoms with van der Waals surface area (Å²) in [5.41, 5.74) is 0.238. The zero-order valence-corrected chi connectivity index (χ0v) is 15.4. The summed E-state index contributed by atoms with van der Waals surface area (Å²) in [4.78, 5) is 26.8. The number of amides is 1. The van der Waals surface area contributed by atoms with Gasteiger partial charge in [0.1, 0.15) is 5.75 Å². The molecule has 2 aromatic rings. The number of hydrogen-bond acceptors (Lipinski definition) is 4. The molecule has 0 unspecified atom stereocenters. The van der Waals surface area contributed by atoms with E-state index in [2.05, 4.69) is 0 Å². The van der Waals surface area contributed by atoms with E-state index in [1.165, 1.54) is 24.3 Å². The van der Waals surface area contributed by atoms with Crippen LogP contribution >= 0.6 is 0 Å². The third kappa shape index (κ3) is 5.18. The largest absolute Gasteiger partial charge is 0.484 e. The fourth-order valence-electron chi connectivity index (χ4n) is 3.03. The first-order valence-electron chi connectivity index (χ1n) is 8.90. The summed E-state index contributed by atoms with van der Waals surface area (Å²) >= 11 is 0. The van der Waals surface area contributed by atoms with E-state index < -0.39 is 17.7 Å². The molecule has 29 heavy (non-hydrogen) atoms. The first kappa shape index (κ1) is 20.5. The van der Waals surface area contributed by atoms with Crippen molar-refractivity contribution in [1.82, 2.24) is 4.90 Å². The smallest absolute Gasteiger partial charge is 0.416 e. The fraction of sp³-hybridized carbons (Fsp3) is 0.300. The standard InChI is InChI=1S/C20H19F3N2O4/c21-20(22,23)15-2-1-3-17(12-15)29-13-18(26)25-10-8-24(9-11-25)16-6-4-14(5-7-16)19(27)28/h1-7,12H,8-11,13H2,(H,27,28). The normalized spacial score (nSPS) is 14.6. The van der Waals surface area contributed by atoms with Crippen LogP contribution in [0.5, 0.6) is 5.75 Å². The molecule has 9 heteroatoms. The maximum absolute atomic E-state index is 12.7. The predicted molar refractivity (Wildman–Crippen MR) is 99.1 cm³/mol. The lowest BCUT2D eigenvalue weighted by atomic mass is 10.2. The number of rotatable bonds is 5. The average molecular weight is 408 g/mol. The molecule has 1 fully saturated rings. The third-order valence-corrected chi connectivity index (χ3v) is 4.64. The van der Waals surface area contributed by atoms with Crippen LogP contribution in [0.4, 0.5) is 18.9 Å². The number of halogens is 3.